The lowest BCUT2D eigenvalue weighted by molar-refractivity contribution is 0.0702. The van der Waals surface area contributed by atoms with Crippen LogP contribution >= 0.6 is 22.9 Å². The Morgan fingerprint density at radius 3 is 2.72 bits per heavy atom. The average Bonchev–Trinajstić information content (AvgIpc) is 3.66. The Labute approximate surface area is 258 Å². The van der Waals surface area contributed by atoms with Crippen LogP contribution in [0.3, 0.4) is 0 Å². The van der Waals surface area contributed by atoms with Crippen LogP contribution in [0, 0.1) is 5.82 Å². The Morgan fingerprint density at radius 2 is 1.95 bits per heavy atom. The molecule has 0 aliphatic carbocycles. The van der Waals surface area contributed by atoms with Gasteiger partial charge in [-0.1, -0.05) is 35.9 Å². The number of hydrogen-bond acceptors (Lipinski definition) is 6. The van der Waals surface area contributed by atoms with Gasteiger partial charge in [0.25, 0.3) is 0 Å². The number of imidazole rings is 1. The lowest BCUT2D eigenvalue weighted by Crippen LogP contribution is -2.33. The van der Waals surface area contributed by atoms with Gasteiger partial charge in [0.05, 0.1) is 6.33 Å². The summed E-state index contributed by atoms with van der Waals surface area (Å²) >= 11 is 7.21. The van der Waals surface area contributed by atoms with Crippen LogP contribution in [0.1, 0.15) is 63.4 Å². The fourth-order valence-corrected chi connectivity index (χ4v) is 6.99. The van der Waals surface area contributed by atoms with Crippen LogP contribution in [-0.4, -0.2) is 43.6 Å². The van der Waals surface area contributed by atoms with Gasteiger partial charge in [-0.05, 0) is 73.6 Å². The van der Waals surface area contributed by atoms with E-state index in [-0.39, 0.29) is 6.61 Å². The van der Waals surface area contributed by atoms with E-state index in [1.165, 1.54) is 28.5 Å². The number of pyridine rings is 1. The predicted octanol–water partition coefficient (Wildman–Crippen LogP) is 7.55. The number of carbonyl (C=O) groups is 1. The van der Waals surface area contributed by atoms with Crippen molar-refractivity contribution >= 4 is 39.0 Å². The lowest BCUT2D eigenvalue weighted by atomic mass is 9.92. The highest BCUT2D eigenvalue weighted by Gasteiger charge is 2.24. The van der Waals surface area contributed by atoms with Crippen molar-refractivity contribution < 1.29 is 19.0 Å². The minimum atomic E-state index is -0.894. The molecular formula is C33H32ClFN4O3S. The summed E-state index contributed by atoms with van der Waals surface area (Å²) in [6, 6.07) is 16.3. The maximum Gasteiger partial charge on any atom is 0.345 e. The molecule has 0 bridgehead atoms. The van der Waals surface area contributed by atoms with Crippen molar-refractivity contribution in [2.75, 3.05) is 13.1 Å². The van der Waals surface area contributed by atoms with Gasteiger partial charge in [0.15, 0.2) is 0 Å². The molecule has 0 saturated carbocycles. The van der Waals surface area contributed by atoms with E-state index >= 15 is 0 Å². The molecule has 0 radical (unpaired) electrons. The first-order valence-electron chi connectivity index (χ1n) is 14.4. The summed E-state index contributed by atoms with van der Waals surface area (Å²) in [4.78, 5) is 23.7. The topological polar surface area (TPSA) is 80.5 Å². The molecule has 0 unspecified atom stereocenters. The Morgan fingerprint density at radius 1 is 1.14 bits per heavy atom. The molecule has 43 heavy (non-hydrogen) atoms. The zero-order chi connectivity index (χ0) is 29.9. The molecule has 3 aromatic heterocycles. The average molecular weight is 619 g/mol. The Hall–Kier alpha value is -3.79. The Kier molecular flexibility index (Phi) is 8.74. The minimum absolute atomic E-state index is 0.0851. The smallest absolute Gasteiger partial charge is 0.345 e. The molecule has 2 aromatic carbocycles. The quantitative estimate of drug-likeness (QED) is 0.174. The van der Waals surface area contributed by atoms with E-state index in [9.17, 15) is 14.3 Å². The number of nitrogens with zero attached hydrogens (tertiary/aromatic N) is 4. The molecule has 4 heterocycles. The van der Waals surface area contributed by atoms with Crippen molar-refractivity contribution in [2.24, 2.45) is 0 Å². The molecule has 5 aromatic rings. The number of benzene rings is 2. The fourth-order valence-electron chi connectivity index (χ4n) is 5.77. The molecule has 1 fully saturated rings. The van der Waals surface area contributed by atoms with Gasteiger partial charge >= 0.3 is 5.97 Å². The first kappa shape index (κ1) is 29.3. The molecule has 0 atom stereocenters. The third-order valence-corrected chi connectivity index (χ3v) is 9.56. The number of halogens is 2. The van der Waals surface area contributed by atoms with E-state index in [4.69, 9.17) is 21.3 Å². The molecule has 1 aliphatic rings. The van der Waals surface area contributed by atoms with Crippen LogP contribution in [0.4, 0.5) is 4.39 Å². The van der Waals surface area contributed by atoms with Gasteiger partial charge in [-0.3, -0.25) is 4.90 Å². The number of ether oxygens (including phenoxy) is 1. The summed E-state index contributed by atoms with van der Waals surface area (Å²) in [6.07, 6.45) is 6.38. The lowest BCUT2D eigenvalue weighted by Gasteiger charge is -2.32. The summed E-state index contributed by atoms with van der Waals surface area (Å²) in [5.74, 6) is -0.496. The molecule has 0 amide bonds. The third kappa shape index (κ3) is 6.59. The van der Waals surface area contributed by atoms with Crippen LogP contribution in [0.5, 0.6) is 5.88 Å². The van der Waals surface area contributed by atoms with Crippen LogP contribution in [-0.2, 0) is 26.1 Å². The maximum atomic E-state index is 14.2. The number of fused-ring (bicyclic) bond motifs is 1. The summed E-state index contributed by atoms with van der Waals surface area (Å²) in [6.45, 7) is 5.65. The normalized spacial score (nSPS) is 14.4. The molecule has 1 saturated heterocycles. The number of carboxylic acid groups (broad SMARTS) is 1. The van der Waals surface area contributed by atoms with Gasteiger partial charge < -0.3 is 14.4 Å². The van der Waals surface area contributed by atoms with Crippen molar-refractivity contribution in [3.05, 3.63) is 111 Å². The number of carboxylic acids is 1. The number of thiophene rings is 1. The van der Waals surface area contributed by atoms with Crippen LogP contribution in [0.25, 0.3) is 10.1 Å². The highest BCUT2D eigenvalue weighted by atomic mass is 35.5. The number of aromatic carboxylic acids is 1. The standard InChI is InChI=1S/C33H32ClFN4O3S/c1-2-39-20-36-17-26(39)16-27-23(7-6-22-14-30(33(40)41)43-32(22)27)18-38-12-10-21(11-13-38)29-4-3-5-31(37-29)42-19-24-8-9-25(34)15-28(24)35/h3-9,14-15,17,20-21H,2,10-13,16,18-19H2,1H3,(H,40,41). The van der Waals surface area contributed by atoms with Gasteiger partial charge in [0.2, 0.25) is 5.88 Å². The molecule has 1 N–H and O–H groups in total. The van der Waals surface area contributed by atoms with E-state index in [1.54, 1.807) is 24.3 Å². The van der Waals surface area contributed by atoms with Crippen LogP contribution in [0.15, 0.2) is 67.1 Å². The molecule has 0 spiro atoms. The number of hydrogen-bond donors (Lipinski definition) is 1. The van der Waals surface area contributed by atoms with Crippen molar-refractivity contribution in [1.29, 1.82) is 0 Å². The van der Waals surface area contributed by atoms with Gasteiger partial charge in [-0.25, -0.2) is 19.2 Å². The molecule has 1 aliphatic heterocycles. The van der Waals surface area contributed by atoms with Gasteiger partial charge in [-0.2, -0.15) is 0 Å². The Bertz CT molecular complexity index is 1760. The predicted molar refractivity (Wildman–Crippen MR) is 167 cm³/mol. The molecule has 10 heteroatoms. The highest BCUT2D eigenvalue weighted by molar-refractivity contribution is 7.21. The summed E-state index contributed by atoms with van der Waals surface area (Å²) in [5.41, 5.74) is 4.94. The van der Waals surface area contributed by atoms with Gasteiger partial charge in [0, 0.05) is 64.4 Å². The summed E-state index contributed by atoms with van der Waals surface area (Å²) in [7, 11) is 0. The number of aromatic nitrogens is 3. The first-order valence-corrected chi connectivity index (χ1v) is 15.6. The van der Waals surface area contributed by atoms with Crippen LogP contribution in [0.2, 0.25) is 5.02 Å². The zero-order valence-electron chi connectivity index (χ0n) is 23.8. The fraction of sp³-hybridized carbons (Fsp3) is 0.303. The molecular weight excluding hydrogens is 587 g/mol. The number of aryl methyl sites for hydroxylation is 1. The van der Waals surface area contributed by atoms with Crippen LogP contribution < -0.4 is 4.74 Å². The van der Waals surface area contributed by atoms with Crippen molar-refractivity contribution in [1.82, 2.24) is 19.4 Å². The monoisotopic (exact) mass is 618 g/mol. The highest BCUT2D eigenvalue weighted by Crippen LogP contribution is 2.35. The third-order valence-electron chi connectivity index (χ3n) is 8.13. The molecule has 7 nitrogen and oxygen atoms in total. The molecule has 6 rings (SSSR count). The van der Waals surface area contributed by atoms with E-state index in [1.807, 2.05) is 30.7 Å². The number of rotatable bonds is 10. The largest absolute Gasteiger partial charge is 0.477 e. The van der Waals surface area contributed by atoms with E-state index in [0.717, 1.165) is 60.5 Å². The second-order valence-electron chi connectivity index (χ2n) is 10.9. The second-order valence-corrected chi connectivity index (χ2v) is 12.3. The zero-order valence-corrected chi connectivity index (χ0v) is 25.4. The van der Waals surface area contributed by atoms with E-state index < -0.39 is 11.8 Å². The van der Waals surface area contributed by atoms with Crippen molar-refractivity contribution in [3.63, 3.8) is 0 Å². The first-order chi connectivity index (χ1) is 20.9. The maximum absolute atomic E-state index is 14.2. The second kappa shape index (κ2) is 12.8. The SMILES string of the molecule is CCn1cncc1Cc1c(CN2CCC(c3cccc(OCc4ccc(Cl)cc4F)n3)CC2)ccc2cc(C(=O)O)sc12. The Balaban J connectivity index is 1.14. The summed E-state index contributed by atoms with van der Waals surface area (Å²) < 4.78 is 23.2. The van der Waals surface area contributed by atoms with Crippen molar-refractivity contribution in [2.45, 2.75) is 51.8 Å². The van der Waals surface area contributed by atoms with Gasteiger partial charge in [-0.15, -0.1) is 11.3 Å². The number of likely N-dealkylation sites (tertiary alicyclic amines) is 1. The van der Waals surface area contributed by atoms with Gasteiger partial charge in [0.1, 0.15) is 17.3 Å². The minimum Gasteiger partial charge on any atom is -0.477 e. The molecule has 222 valence electrons. The van der Waals surface area contributed by atoms with E-state index in [2.05, 4.69) is 27.4 Å². The van der Waals surface area contributed by atoms with E-state index in [0.29, 0.717) is 33.7 Å². The van der Waals surface area contributed by atoms with Crippen molar-refractivity contribution in [3.8, 4) is 5.88 Å². The summed E-state index contributed by atoms with van der Waals surface area (Å²) in [5, 5.41) is 11.0. The number of piperidine rings is 1.